The van der Waals surface area contributed by atoms with Crippen LogP contribution in [0.15, 0.2) is 34.9 Å². The van der Waals surface area contributed by atoms with Crippen LogP contribution < -0.4 is 0 Å². The van der Waals surface area contributed by atoms with Gasteiger partial charge in [-0.25, -0.2) is 28.8 Å². The van der Waals surface area contributed by atoms with Crippen LogP contribution in [0.4, 0.5) is 0 Å². The van der Waals surface area contributed by atoms with E-state index in [9.17, 15) is 28.8 Å². The third kappa shape index (κ3) is 8.59. The van der Waals surface area contributed by atoms with E-state index in [0.717, 1.165) is 20.8 Å². The first-order valence-electron chi connectivity index (χ1n) is 6.47. The molecule has 10 heteroatoms. The number of carbonyl (C=O) groups excluding carboxylic acids is 4. The Morgan fingerprint density at radius 1 is 0.600 bits per heavy atom. The number of carboxylic acid groups (broad SMARTS) is 2. The number of hydrogen-bond donors (Lipinski definition) is 2. The van der Waals surface area contributed by atoms with Crippen molar-refractivity contribution in [2.45, 2.75) is 20.8 Å². The zero-order valence-electron chi connectivity index (χ0n) is 13.4. The highest BCUT2D eigenvalue weighted by Crippen LogP contribution is 2.02. The molecule has 25 heavy (non-hydrogen) atoms. The van der Waals surface area contributed by atoms with Gasteiger partial charge >= 0.3 is 35.8 Å². The molecule has 0 aliphatic carbocycles. The predicted octanol–water partition coefficient (Wildman–Crippen LogP) is 0.134. The second kappa shape index (κ2) is 9.55. The molecule has 0 fully saturated rings. The number of carbonyl (C=O) groups is 6. The van der Waals surface area contributed by atoms with E-state index >= 15 is 0 Å². The first kappa shape index (κ1) is 21.4. The van der Waals surface area contributed by atoms with Crippen molar-refractivity contribution in [1.82, 2.24) is 0 Å². The molecule has 2 N–H and O–H groups in total. The molecule has 0 saturated carbocycles. The summed E-state index contributed by atoms with van der Waals surface area (Å²) in [5.74, 6) is -7.86. The van der Waals surface area contributed by atoms with Gasteiger partial charge in [0.25, 0.3) is 0 Å². The Bertz CT molecular complexity index is 721. The number of aliphatic carboxylic acids is 2. The predicted molar refractivity (Wildman–Crippen MR) is 78.7 cm³/mol. The van der Waals surface area contributed by atoms with Crippen LogP contribution in [0.2, 0.25) is 0 Å². The molecule has 0 amide bonds. The lowest BCUT2D eigenvalue weighted by Gasteiger charge is -2.01. The van der Waals surface area contributed by atoms with Crippen LogP contribution in [0, 0.1) is 0 Å². The largest absolute Gasteiger partial charge is 0.478 e. The third-order valence-corrected chi connectivity index (χ3v) is 2.39. The van der Waals surface area contributed by atoms with Crippen LogP contribution in [-0.4, -0.2) is 46.0 Å². The average molecular weight is 354 g/mol. The van der Waals surface area contributed by atoms with Crippen LogP contribution in [-0.2, 0) is 38.2 Å². The molecule has 0 rings (SSSR count). The monoisotopic (exact) mass is 354 g/mol. The summed E-state index contributed by atoms with van der Waals surface area (Å²) in [6.07, 6.45) is 1.67. The fourth-order valence-corrected chi connectivity index (χ4v) is 1.07. The van der Waals surface area contributed by atoms with Gasteiger partial charge in [0.05, 0.1) is 0 Å². The number of esters is 4. The number of ether oxygens (including phenoxy) is 2. The number of hydrogen-bond acceptors (Lipinski definition) is 8. The van der Waals surface area contributed by atoms with Gasteiger partial charge in [-0.3, -0.25) is 0 Å². The van der Waals surface area contributed by atoms with E-state index in [-0.39, 0.29) is 11.1 Å². The van der Waals surface area contributed by atoms with Crippen molar-refractivity contribution in [3.8, 4) is 0 Å². The minimum absolute atomic E-state index is 0.370. The van der Waals surface area contributed by atoms with E-state index in [0.29, 0.717) is 18.2 Å². The van der Waals surface area contributed by atoms with Gasteiger partial charge in [-0.05, 0) is 20.8 Å². The quantitative estimate of drug-likeness (QED) is 0.381. The highest BCUT2D eigenvalue weighted by atomic mass is 16.6. The Kier molecular flexibility index (Phi) is 8.19. The molecule has 0 bridgehead atoms. The minimum atomic E-state index is -1.39. The van der Waals surface area contributed by atoms with E-state index in [1.54, 1.807) is 0 Å². The average Bonchev–Trinajstić information content (AvgIpc) is 2.45. The Hall–Kier alpha value is -3.56. The Morgan fingerprint density at radius 2 is 0.920 bits per heavy atom. The standard InChI is InChI=1S/C15H14O10/c1-7(13(19)20)4-10(16)24-11(17)6-9(3)15(23)25-12(18)5-8(2)14(21)22/h4-6H,1-3H3,(H,19,20)(H,21,22)/b7-4-,8-5-,9-6-. The molecule has 10 nitrogen and oxygen atoms in total. The van der Waals surface area contributed by atoms with Crippen molar-refractivity contribution in [2.24, 2.45) is 0 Å². The van der Waals surface area contributed by atoms with E-state index in [2.05, 4.69) is 9.47 Å². The maximum absolute atomic E-state index is 11.5. The van der Waals surface area contributed by atoms with Gasteiger partial charge in [-0.15, -0.1) is 0 Å². The van der Waals surface area contributed by atoms with E-state index in [1.807, 2.05) is 0 Å². The van der Waals surface area contributed by atoms with Crippen molar-refractivity contribution in [1.29, 1.82) is 0 Å². The normalized spacial score (nSPS) is 12.2. The van der Waals surface area contributed by atoms with Gasteiger partial charge in [-0.1, -0.05) is 0 Å². The molecular weight excluding hydrogens is 340 g/mol. The molecule has 134 valence electrons. The van der Waals surface area contributed by atoms with Crippen LogP contribution in [0.5, 0.6) is 0 Å². The second-order valence-corrected chi connectivity index (χ2v) is 4.54. The summed E-state index contributed by atoms with van der Waals surface area (Å²) in [4.78, 5) is 66.4. The summed E-state index contributed by atoms with van der Waals surface area (Å²) in [6, 6.07) is 0. The topological polar surface area (TPSA) is 161 Å². The van der Waals surface area contributed by atoms with Crippen molar-refractivity contribution in [3.05, 3.63) is 34.9 Å². The van der Waals surface area contributed by atoms with Crippen molar-refractivity contribution >= 4 is 35.8 Å². The zero-order chi connectivity index (χ0) is 19.7. The first-order valence-corrected chi connectivity index (χ1v) is 6.47. The van der Waals surface area contributed by atoms with Gasteiger partial charge in [-0.2, -0.15) is 0 Å². The minimum Gasteiger partial charge on any atom is -0.478 e. The molecular formula is C15H14O10. The maximum Gasteiger partial charge on any atom is 0.341 e. The van der Waals surface area contributed by atoms with Crippen molar-refractivity contribution in [2.75, 3.05) is 0 Å². The van der Waals surface area contributed by atoms with Crippen LogP contribution >= 0.6 is 0 Å². The fourth-order valence-electron chi connectivity index (χ4n) is 1.07. The lowest BCUT2D eigenvalue weighted by atomic mass is 10.2. The molecule has 0 aliphatic rings. The fraction of sp³-hybridized carbons (Fsp3) is 0.200. The van der Waals surface area contributed by atoms with E-state index in [4.69, 9.17) is 10.2 Å². The molecule has 0 aromatic rings. The molecule has 0 unspecified atom stereocenters. The molecule has 0 spiro atoms. The van der Waals surface area contributed by atoms with Crippen LogP contribution in [0.25, 0.3) is 0 Å². The maximum atomic E-state index is 11.5. The molecule has 0 aromatic heterocycles. The van der Waals surface area contributed by atoms with Crippen molar-refractivity contribution < 1.29 is 48.5 Å². The third-order valence-electron chi connectivity index (χ3n) is 2.39. The summed E-state index contributed by atoms with van der Waals surface area (Å²) in [7, 11) is 0. The SMILES string of the molecule is C/C(=C/C(=O)OC(=O)/C=C(/C)C(=O)OC(=O)/C=C(/C)C(=O)O)C(=O)O. The molecule has 0 radical (unpaired) electrons. The smallest absolute Gasteiger partial charge is 0.341 e. The van der Waals surface area contributed by atoms with Crippen molar-refractivity contribution in [3.63, 3.8) is 0 Å². The number of rotatable bonds is 6. The highest BCUT2D eigenvalue weighted by Gasteiger charge is 2.15. The molecule has 0 aromatic carbocycles. The zero-order valence-corrected chi connectivity index (χ0v) is 13.4. The van der Waals surface area contributed by atoms with Crippen LogP contribution in [0.1, 0.15) is 20.8 Å². The summed E-state index contributed by atoms with van der Waals surface area (Å²) < 4.78 is 8.48. The lowest BCUT2D eigenvalue weighted by Crippen LogP contribution is -2.15. The molecule has 0 aliphatic heterocycles. The van der Waals surface area contributed by atoms with Gasteiger partial charge in [0.1, 0.15) is 0 Å². The van der Waals surface area contributed by atoms with Gasteiger partial charge < -0.3 is 19.7 Å². The lowest BCUT2D eigenvalue weighted by molar-refractivity contribution is -0.156. The van der Waals surface area contributed by atoms with Crippen LogP contribution in [0.3, 0.4) is 0 Å². The number of carboxylic acids is 2. The summed E-state index contributed by atoms with van der Waals surface area (Å²) >= 11 is 0. The second-order valence-electron chi connectivity index (χ2n) is 4.54. The van der Waals surface area contributed by atoms with Gasteiger partial charge in [0.2, 0.25) is 0 Å². The summed E-state index contributed by atoms with van der Waals surface area (Å²) in [6.45, 7) is 3.28. The molecule has 0 atom stereocenters. The Balaban J connectivity index is 4.85. The summed E-state index contributed by atoms with van der Waals surface area (Å²) in [5, 5.41) is 17.1. The summed E-state index contributed by atoms with van der Waals surface area (Å²) in [5.41, 5.74) is -1.15. The molecule has 0 heterocycles. The first-order chi connectivity index (χ1) is 11.4. The van der Waals surface area contributed by atoms with E-state index < -0.39 is 41.4 Å². The van der Waals surface area contributed by atoms with Gasteiger partial charge in [0.15, 0.2) is 0 Å². The van der Waals surface area contributed by atoms with E-state index in [1.165, 1.54) is 0 Å². The highest BCUT2D eigenvalue weighted by molar-refractivity contribution is 6.06. The Morgan fingerprint density at radius 3 is 1.28 bits per heavy atom. The van der Waals surface area contributed by atoms with Gasteiger partial charge in [0, 0.05) is 34.9 Å². The Labute approximate surface area is 141 Å². The molecule has 0 saturated heterocycles.